The van der Waals surface area contributed by atoms with Gasteiger partial charge in [0.05, 0.1) is 29.1 Å². The topological polar surface area (TPSA) is 77.5 Å². The quantitative estimate of drug-likeness (QED) is 0.416. The van der Waals surface area contributed by atoms with E-state index < -0.39 is 11.9 Å². The molecule has 0 saturated heterocycles. The fourth-order valence-electron chi connectivity index (χ4n) is 2.90. The second kappa shape index (κ2) is 9.11. The van der Waals surface area contributed by atoms with Gasteiger partial charge >= 0.3 is 5.97 Å². The van der Waals surface area contributed by atoms with Gasteiger partial charge in [0.15, 0.2) is 6.61 Å². The fourth-order valence-corrected chi connectivity index (χ4v) is 3.43. The standard InChI is InChI=1S/C21H19IN2O4/c1-13-14-7-3-5-9-16(14)23-18(11-27-2)20(13)21(26)28-12-19(25)24-17-10-6-4-8-15(17)22/h3-10H,11-12H2,1-2H3,(H,24,25). The molecule has 0 radical (unpaired) electrons. The lowest BCUT2D eigenvalue weighted by Gasteiger charge is -2.14. The summed E-state index contributed by atoms with van der Waals surface area (Å²) in [5.74, 6) is -1.00. The number of esters is 1. The molecule has 1 aromatic heterocycles. The predicted octanol–water partition coefficient (Wildman–Crippen LogP) is 4.09. The van der Waals surface area contributed by atoms with Crippen molar-refractivity contribution in [2.45, 2.75) is 13.5 Å². The number of amides is 1. The van der Waals surface area contributed by atoms with Gasteiger partial charge in [-0.1, -0.05) is 30.3 Å². The first-order valence-corrected chi connectivity index (χ1v) is 9.67. The molecule has 3 rings (SSSR count). The van der Waals surface area contributed by atoms with Gasteiger partial charge in [-0.05, 0) is 53.3 Å². The number of aryl methyl sites for hydroxylation is 1. The van der Waals surface area contributed by atoms with Gasteiger partial charge in [-0.25, -0.2) is 9.78 Å². The molecular formula is C21H19IN2O4. The minimum Gasteiger partial charge on any atom is -0.452 e. The molecule has 7 heteroatoms. The molecule has 0 bridgehead atoms. The van der Waals surface area contributed by atoms with Crippen LogP contribution in [0.2, 0.25) is 0 Å². The van der Waals surface area contributed by atoms with Gasteiger partial charge in [0.1, 0.15) is 0 Å². The summed E-state index contributed by atoms with van der Waals surface area (Å²) in [5, 5.41) is 3.60. The number of anilines is 1. The maximum atomic E-state index is 12.7. The SMILES string of the molecule is COCc1nc2ccccc2c(C)c1C(=O)OCC(=O)Nc1ccccc1I. The Morgan fingerprint density at radius 1 is 1.11 bits per heavy atom. The van der Waals surface area contributed by atoms with E-state index in [1.807, 2.05) is 49.4 Å². The van der Waals surface area contributed by atoms with Gasteiger partial charge < -0.3 is 14.8 Å². The number of hydrogen-bond donors (Lipinski definition) is 1. The van der Waals surface area contributed by atoms with Gasteiger partial charge in [-0.15, -0.1) is 0 Å². The highest BCUT2D eigenvalue weighted by Gasteiger charge is 2.21. The summed E-state index contributed by atoms with van der Waals surface area (Å²) in [6.07, 6.45) is 0. The Morgan fingerprint density at radius 2 is 1.82 bits per heavy atom. The molecule has 28 heavy (non-hydrogen) atoms. The number of hydrogen-bond acceptors (Lipinski definition) is 5. The van der Waals surface area contributed by atoms with E-state index >= 15 is 0 Å². The second-order valence-corrected chi connectivity index (χ2v) is 7.28. The Hall–Kier alpha value is -2.52. The lowest BCUT2D eigenvalue weighted by atomic mass is 10.0. The highest BCUT2D eigenvalue weighted by Crippen LogP contribution is 2.24. The number of carbonyl (C=O) groups is 2. The van der Waals surface area contributed by atoms with Crippen LogP contribution < -0.4 is 5.32 Å². The molecule has 0 aliphatic carbocycles. The number of fused-ring (bicyclic) bond motifs is 1. The smallest absolute Gasteiger partial charge is 0.340 e. The van der Waals surface area contributed by atoms with Crippen LogP contribution in [0, 0.1) is 10.5 Å². The number of aromatic nitrogens is 1. The lowest BCUT2D eigenvalue weighted by Crippen LogP contribution is -2.22. The van der Waals surface area contributed by atoms with Crippen LogP contribution in [0.25, 0.3) is 10.9 Å². The first kappa shape index (κ1) is 20.2. The summed E-state index contributed by atoms with van der Waals surface area (Å²) < 4.78 is 11.4. The average Bonchev–Trinajstić information content (AvgIpc) is 2.68. The molecular weight excluding hydrogens is 471 g/mol. The number of ether oxygens (including phenoxy) is 2. The Labute approximate surface area is 176 Å². The van der Waals surface area contributed by atoms with Crippen LogP contribution in [-0.4, -0.2) is 30.6 Å². The molecule has 2 aromatic carbocycles. The van der Waals surface area contributed by atoms with E-state index in [1.54, 1.807) is 6.07 Å². The maximum Gasteiger partial charge on any atom is 0.340 e. The number of pyridine rings is 1. The van der Waals surface area contributed by atoms with Gasteiger partial charge in [0.2, 0.25) is 0 Å². The molecule has 0 aliphatic rings. The predicted molar refractivity (Wildman–Crippen MR) is 115 cm³/mol. The molecule has 1 N–H and O–H groups in total. The van der Waals surface area contributed by atoms with Crippen LogP contribution in [0.5, 0.6) is 0 Å². The first-order valence-electron chi connectivity index (χ1n) is 8.60. The molecule has 1 heterocycles. The van der Waals surface area contributed by atoms with Crippen LogP contribution in [0.15, 0.2) is 48.5 Å². The van der Waals surface area contributed by atoms with Crippen molar-refractivity contribution in [3.05, 3.63) is 68.9 Å². The average molecular weight is 490 g/mol. The zero-order valence-electron chi connectivity index (χ0n) is 15.5. The van der Waals surface area contributed by atoms with E-state index in [-0.39, 0.29) is 13.2 Å². The third-order valence-corrected chi connectivity index (χ3v) is 5.14. The van der Waals surface area contributed by atoms with Crippen molar-refractivity contribution in [2.75, 3.05) is 19.0 Å². The Balaban J connectivity index is 1.79. The third-order valence-electron chi connectivity index (χ3n) is 4.19. The molecule has 3 aromatic rings. The van der Waals surface area contributed by atoms with Crippen LogP contribution in [0.3, 0.4) is 0 Å². The van der Waals surface area contributed by atoms with Crippen molar-refractivity contribution in [3.8, 4) is 0 Å². The largest absolute Gasteiger partial charge is 0.452 e. The van der Waals surface area contributed by atoms with Crippen LogP contribution >= 0.6 is 22.6 Å². The summed E-state index contributed by atoms with van der Waals surface area (Å²) >= 11 is 2.13. The second-order valence-electron chi connectivity index (χ2n) is 6.11. The molecule has 0 aliphatic heterocycles. The highest BCUT2D eigenvalue weighted by molar-refractivity contribution is 14.1. The van der Waals surface area contributed by atoms with Crippen molar-refractivity contribution >= 4 is 51.1 Å². The van der Waals surface area contributed by atoms with Crippen LogP contribution in [0.1, 0.15) is 21.6 Å². The van der Waals surface area contributed by atoms with E-state index in [2.05, 4.69) is 32.9 Å². The molecule has 144 valence electrons. The maximum absolute atomic E-state index is 12.7. The Kier molecular flexibility index (Phi) is 6.58. The number of halogens is 1. The molecule has 0 spiro atoms. The number of carbonyl (C=O) groups excluding carboxylic acids is 2. The zero-order valence-corrected chi connectivity index (χ0v) is 17.6. The monoisotopic (exact) mass is 490 g/mol. The van der Waals surface area contributed by atoms with Gasteiger partial charge in [0, 0.05) is 16.1 Å². The van der Waals surface area contributed by atoms with E-state index in [0.29, 0.717) is 16.9 Å². The van der Waals surface area contributed by atoms with Crippen molar-refractivity contribution in [3.63, 3.8) is 0 Å². The van der Waals surface area contributed by atoms with E-state index in [1.165, 1.54) is 7.11 Å². The molecule has 6 nitrogen and oxygen atoms in total. The number of nitrogens with zero attached hydrogens (tertiary/aromatic N) is 1. The van der Waals surface area contributed by atoms with Gasteiger partial charge in [0.25, 0.3) is 5.91 Å². The van der Waals surface area contributed by atoms with Crippen molar-refractivity contribution < 1.29 is 19.1 Å². The van der Waals surface area contributed by atoms with Crippen molar-refractivity contribution in [2.24, 2.45) is 0 Å². The van der Waals surface area contributed by atoms with Gasteiger partial charge in [-0.3, -0.25) is 4.79 Å². The lowest BCUT2D eigenvalue weighted by molar-refractivity contribution is -0.119. The van der Waals surface area contributed by atoms with Crippen LogP contribution in [0.4, 0.5) is 5.69 Å². The fraction of sp³-hybridized carbons (Fsp3) is 0.190. The zero-order chi connectivity index (χ0) is 20.1. The molecule has 0 saturated carbocycles. The Morgan fingerprint density at radius 3 is 2.57 bits per heavy atom. The Bertz CT molecular complexity index is 1040. The summed E-state index contributed by atoms with van der Waals surface area (Å²) in [7, 11) is 1.54. The number of nitrogens with one attached hydrogen (secondary N) is 1. The number of para-hydroxylation sites is 2. The molecule has 0 fully saturated rings. The van der Waals surface area contributed by atoms with Crippen molar-refractivity contribution in [1.29, 1.82) is 0 Å². The van der Waals surface area contributed by atoms with Crippen molar-refractivity contribution in [1.82, 2.24) is 4.98 Å². The first-order chi connectivity index (χ1) is 13.5. The van der Waals surface area contributed by atoms with E-state index in [4.69, 9.17) is 9.47 Å². The summed E-state index contributed by atoms with van der Waals surface area (Å²) in [4.78, 5) is 29.4. The molecule has 1 amide bonds. The minimum atomic E-state index is -0.597. The summed E-state index contributed by atoms with van der Waals surface area (Å²) in [6, 6.07) is 14.9. The number of benzene rings is 2. The molecule has 0 unspecified atom stereocenters. The third kappa shape index (κ3) is 4.48. The normalized spacial score (nSPS) is 10.7. The summed E-state index contributed by atoms with van der Waals surface area (Å²) in [6.45, 7) is 1.62. The molecule has 0 atom stereocenters. The van der Waals surface area contributed by atoms with Crippen LogP contribution in [-0.2, 0) is 20.9 Å². The van der Waals surface area contributed by atoms with Gasteiger partial charge in [-0.2, -0.15) is 0 Å². The van der Waals surface area contributed by atoms with E-state index in [9.17, 15) is 9.59 Å². The highest BCUT2D eigenvalue weighted by atomic mass is 127. The summed E-state index contributed by atoms with van der Waals surface area (Å²) in [5.41, 5.74) is 3.03. The number of methoxy groups -OCH3 is 1. The minimum absolute atomic E-state index is 0.171. The van der Waals surface area contributed by atoms with E-state index in [0.717, 1.165) is 20.0 Å². The number of rotatable bonds is 6.